The SMILES string of the molecule is CO[SiH](C)O[Si](C)(C)CC(C)C. The van der Waals surface area contributed by atoms with Crippen LogP contribution >= 0.6 is 0 Å². The Morgan fingerprint density at radius 2 is 1.83 bits per heavy atom. The summed E-state index contributed by atoms with van der Waals surface area (Å²) < 4.78 is 11.2. The van der Waals surface area contributed by atoms with Crippen LogP contribution in [0.2, 0.25) is 25.7 Å². The summed E-state index contributed by atoms with van der Waals surface area (Å²) >= 11 is 0. The molecule has 0 bridgehead atoms. The van der Waals surface area contributed by atoms with Crippen LogP contribution in [0.25, 0.3) is 0 Å². The maximum absolute atomic E-state index is 5.95. The molecule has 74 valence electrons. The maximum atomic E-state index is 5.95. The lowest BCUT2D eigenvalue weighted by atomic mass is 10.3. The normalized spacial score (nSPS) is 15.2. The first-order valence-corrected chi connectivity index (χ1v) is 9.79. The van der Waals surface area contributed by atoms with Gasteiger partial charge in [0.05, 0.1) is 0 Å². The molecule has 0 radical (unpaired) electrons. The molecule has 1 atom stereocenters. The minimum absolute atomic E-state index is 0.740. The molecule has 2 nitrogen and oxygen atoms in total. The lowest BCUT2D eigenvalue weighted by molar-refractivity contribution is 0.336. The molecule has 12 heavy (non-hydrogen) atoms. The molecule has 0 saturated heterocycles. The molecule has 0 heterocycles. The van der Waals surface area contributed by atoms with Crippen molar-refractivity contribution < 1.29 is 8.54 Å². The molecule has 0 saturated carbocycles. The van der Waals surface area contributed by atoms with Gasteiger partial charge in [-0.1, -0.05) is 13.8 Å². The summed E-state index contributed by atoms with van der Waals surface area (Å²) in [7, 11) is -0.970. The fraction of sp³-hybridized carbons (Fsp3) is 1.00. The van der Waals surface area contributed by atoms with E-state index in [0.29, 0.717) is 0 Å². The van der Waals surface area contributed by atoms with Crippen molar-refractivity contribution in [2.24, 2.45) is 5.92 Å². The molecule has 0 spiro atoms. The van der Waals surface area contributed by atoms with E-state index in [9.17, 15) is 0 Å². The Kier molecular flexibility index (Phi) is 5.32. The van der Waals surface area contributed by atoms with E-state index < -0.39 is 17.6 Å². The van der Waals surface area contributed by atoms with E-state index in [0.717, 1.165) is 5.92 Å². The monoisotopic (exact) mass is 206 g/mol. The molecule has 4 heteroatoms. The van der Waals surface area contributed by atoms with Gasteiger partial charge in [0.1, 0.15) is 0 Å². The Labute approximate surface area is 79.2 Å². The molecule has 0 rings (SSSR count). The van der Waals surface area contributed by atoms with E-state index in [1.54, 1.807) is 7.11 Å². The summed E-state index contributed by atoms with van der Waals surface area (Å²) in [6, 6.07) is 1.23. The van der Waals surface area contributed by atoms with Crippen LogP contribution in [0, 0.1) is 5.92 Å². The first kappa shape index (κ1) is 12.4. The second-order valence-corrected chi connectivity index (χ2v) is 10.8. The zero-order valence-electron chi connectivity index (χ0n) is 9.18. The van der Waals surface area contributed by atoms with Gasteiger partial charge in [0, 0.05) is 7.11 Å². The van der Waals surface area contributed by atoms with Crippen molar-refractivity contribution in [3.8, 4) is 0 Å². The average molecular weight is 206 g/mol. The summed E-state index contributed by atoms with van der Waals surface area (Å²) in [4.78, 5) is 0. The highest BCUT2D eigenvalue weighted by Crippen LogP contribution is 2.18. The van der Waals surface area contributed by atoms with E-state index in [1.807, 2.05) is 0 Å². The molecule has 0 aliphatic carbocycles. The molecule has 0 fully saturated rings. The lowest BCUT2D eigenvalue weighted by Crippen LogP contribution is -2.38. The predicted molar refractivity (Wildman–Crippen MR) is 58.2 cm³/mol. The summed E-state index contributed by atoms with van der Waals surface area (Å²) in [5.41, 5.74) is 0. The Bertz CT molecular complexity index is 126. The molecular weight excluding hydrogens is 184 g/mol. The zero-order chi connectivity index (χ0) is 9.78. The van der Waals surface area contributed by atoms with E-state index in [1.165, 1.54) is 6.04 Å². The van der Waals surface area contributed by atoms with Crippen molar-refractivity contribution in [3.05, 3.63) is 0 Å². The van der Waals surface area contributed by atoms with Gasteiger partial charge in [-0.25, -0.2) is 0 Å². The number of hydrogen-bond donors (Lipinski definition) is 0. The van der Waals surface area contributed by atoms with Gasteiger partial charge in [0.25, 0.3) is 0 Å². The maximum Gasteiger partial charge on any atom is 0.307 e. The highest BCUT2D eigenvalue weighted by atomic mass is 28.4. The number of rotatable bonds is 5. The van der Waals surface area contributed by atoms with E-state index in [-0.39, 0.29) is 0 Å². The smallest absolute Gasteiger partial charge is 0.307 e. The van der Waals surface area contributed by atoms with Crippen LogP contribution in [-0.2, 0) is 8.54 Å². The highest BCUT2D eigenvalue weighted by molar-refractivity contribution is 6.76. The van der Waals surface area contributed by atoms with Crippen LogP contribution in [0.5, 0.6) is 0 Å². The second kappa shape index (κ2) is 5.16. The largest absolute Gasteiger partial charge is 0.438 e. The van der Waals surface area contributed by atoms with Crippen molar-refractivity contribution >= 4 is 17.6 Å². The third-order valence-electron chi connectivity index (χ3n) is 1.72. The molecule has 0 aromatic carbocycles. The van der Waals surface area contributed by atoms with Gasteiger partial charge < -0.3 is 8.54 Å². The molecular formula is C8H22O2Si2. The minimum Gasteiger partial charge on any atom is -0.438 e. The van der Waals surface area contributed by atoms with E-state index in [4.69, 9.17) is 8.54 Å². The van der Waals surface area contributed by atoms with Gasteiger partial charge >= 0.3 is 9.28 Å². The van der Waals surface area contributed by atoms with Gasteiger partial charge in [-0.2, -0.15) is 0 Å². The van der Waals surface area contributed by atoms with E-state index >= 15 is 0 Å². The van der Waals surface area contributed by atoms with Crippen molar-refractivity contribution in [2.45, 2.75) is 39.5 Å². The van der Waals surface area contributed by atoms with Crippen LogP contribution in [-0.4, -0.2) is 24.7 Å². The molecule has 0 aliphatic heterocycles. The van der Waals surface area contributed by atoms with Crippen molar-refractivity contribution in [2.75, 3.05) is 7.11 Å². The fourth-order valence-corrected chi connectivity index (χ4v) is 7.86. The lowest BCUT2D eigenvalue weighted by Gasteiger charge is -2.27. The fourth-order valence-electron chi connectivity index (χ4n) is 1.53. The third kappa shape index (κ3) is 5.94. The summed E-state index contributed by atoms with van der Waals surface area (Å²) in [5.74, 6) is 0.740. The highest BCUT2D eigenvalue weighted by Gasteiger charge is 2.26. The van der Waals surface area contributed by atoms with Crippen LogP contribution < -0.4 is 0 Å². The van der Waals surface area contributed by atoms with Crippen molar-refractivity contribution in [1.82, 2.24) is 0 Å². The quantitative estimate of drug-likeness (QED) is 0.643. The topological polar surface area (TPSA) is 18.5 Å². The third-order valence-corrected chi connectivity index (χ3v) is 8.06. The Morgan fingerprint density at radius 3 is 2.17 bits per heavy atom. The summed E-state index contributed by atoms with van der Waals surface area (Å²) in [6.45, 7) is 11.1. The Balaban J connectivity index is 3.85. The van der Waals surface area contributed by atoms with Crippen molar-refractivity contribution in [3.63, 3.8) is 0 Å². The first-order chi connectivity index (χ1) is 5.37. The molecule has 0 amide bonds. The van der Waals surface area contributed by atoms with Crippen LogP contribution in [0.3, 0.4) is 0 Å². The van der Waals surface area contributed by atoms with Gasteiger partial charge in [-0.3, -0.25) is 0 Å². The molecule has 0 aromatic rings. The summed E-state index contributed by atoms with van der Waals surface area (Å²) in [6.07, 6.45) is 0. The van der Waals surface area contributed by atoms with E-state index in [2.05, 4.69) is 33.5 Å². The van der Waals surface area contributed by atoms with Crippen LogP contribution in [0.4, 0.5) is 0 Å². The second-order valence-electron chi connectivity index (χ2n) is 4.28. The van der Waals surface area contributed by atoms with Gasteiger partial charge in [0.2, 0.25) is 0 Å². The van der Waals surface area contributed by atoms with Crippen LogP contribution in [0.1, 0.15) is 13.8 Å². The average Bonchev–Trinajstić information content (AvgIpc) is 1.83. The predicted octanol–water partition coefficient (Wildman–Crippen LogP) is 2.36. The molecule has 0 aliphatic rings. The van der Waals surface area contributed by atoms with Crippen LogP contribution in [0.15, 0.2) is 0 Å². The zero-order valence-corrected chi connectivity index (χ0v) is 11.3. The number of hydrogen-bond acceptors (Lipinski definition) is 2. The Hall–Kier alpha value is 0.354. The summed E-state index contributed by atoms with van der Waals surface area (Å²) in [5, 5.41) is 0. The van der Waals surface area contributed by atoms with Gasteiger partial charge in [0.15, 0.2) is 8.32 Å². The molecule has 1 unspecified atom stereocenters. The standard InChI is InChI=1S/C8H22O2Si2/c1-8(2)7-12(5,6)10-11(4)9-3/h8,11H,7H2,1-6H3. The molecule has 0 aromatic heterocycles. The van der Waals surface area contributed by atoms with Crippen molar-refractivity contribution in [1.29, 1.82) is 0 Å². The van der Waals surface area contributed by atoms with Gasteiger partial charge in [-0.05, 0) is 31.6 Å². The molecule has 0 N–H and O–H groups in total. The Morgan fingerprint density at radius 1 is 1.33 bits per heavy atom. The minimum atomic E-state index is -1.41. The van der Waals surface area contributed by atoms with Gasteiger partial charge in [-0.15, -0.1) is 0 Å². The first-order valence-electron chi connectivity index (χ1n) is 4.58.